The molecule has 66 valence electrons. The highest BCUT2D eigenvalue weighted by atomic mass is 16.3. The fourth-order valence-electron chi connectivity index (χ4n) is 0.515. The Morgan fingerprint density at radius 2 is 2.25 bits per heavy atom. The molecule has 0 atom stereocenters. The van der Waals surface area contributed by atoms with Crippen molar-refractivity contribution in [2.24, 2.45) is 0 Å². The lowest BCUT2D eigenvalue weighted by Crippen LogP contribution is -2.01. The van der Waals surface area contributed by atoms with Crippen LogP contribution in [-0.4, -0.2) is 29.1 Å². The number of Topliss-reactive ketones (excluding diaryl/α,β-unsaturated/α-hetero) is 1. The Morgan fingerprint density at radius 3 is 2.58 bits per heavy atom. The van der Waals surface area contributed by atoms with E-state index in [1.165, 1.54) is 12.3 Å². The standard InChI is InChI=1S/C6H6O3.CH2O2/c7-4-5(8)6-2-1-3-9-6;2-1-3/h1-3,7H,4H2;1H,(H,2,3). The van der Waals surface area contributed by atoms with E-state index in [1.807, 2.05) is 0 Å². The molecule has 1 rings (SSSR count). The van der Waals surface area contributed by atoms with Gasteiger partial charge in [-0.15, -0.1) is 0 Å². The van der Waals surface area contributed by atoms with Crippen molar-refractivity contribution in [2.45, 2.75) is 0 Å². The van der Waals surface area contributed by atoms with Crippen LogP contribution in [0.1, 0.15) is 10.6 Å². The zero-order chi connectivity index (χ0) is 9.40. The van der Waals surface area contributed by atoms with Crippen LogP contribution in [0.2, 0.25) is 0 Å². The third-order valence-corrected chi connectivity index (χ3v) is 0.940. The molecule has 0 amide bonds. The molecular formula is C7H8O5. The lowest BCUT2D eigenvalue weighted by Gasteiger charge is -1.85. The second-order valence-electron chi connectivity index (χ2n) is 1.66. The van der Waals surface area contributed by atoms with Crippen molar-refractivity contribution in [3.05, 3.63) is 24.2 Å². The molecule has 5 heteroatoms. The van der Waals surface area contributed by atoms with Crippen LogP contribution in [0.15, 0.2) is 22.8 Å². The van der Waals surface area contributed by atoms with Gasteiger partial charge in [0.05, 0.1) is 6.26 Å². The minimum atomic E-state index is -0.493. The molecule has 0 saturated heterocycles. The van der Waals surface area contributed by atoms with Crippen molar-refractivity contribution in [3.63, 3.8) is 0 Å². The average molecular weight is 172 g/mol. The maximum absolute atomic E-state index is 10.5. The first-order valence-electron chi connectivity index (χ1n) is 3.01. The summed E-state index contributed by atoms with van der Waals surface area (Å²) in [6.07, 6.45) is 1.39. The third kappa shape index (κ3) is 3.52. The molecular weight excluding hydrogens is 164 g/mol. The van der Waals surface area contributed by atoms with Gasteiger partial charge in [-0.1, -0.05) is 0 Å². The van der Waals surface area contributed by atoms with E-state index in [0.717, 1.165) is 0 Å². The molecule has 2 N–H and O–H groups in total. The number of carboxylic acid groups (broad SMARTS) is 1. The van der Waals surface area contributed by atoms with Crippen LogP contribution >= 0.6 is 0 Å². The van der Waals surface area contributed by atoms with Crippen molar-refractivity contribution >= 4 is 12.3 Å². The summed E-state index contributed by atoms with van der Waals surface area (Å²) < 4.78 is 4.68. The van der Waals surface area contributed by atoms with E-state index in [0.29, 0.717) is 0 Å². The molecule has 5 nitrogen and oxygen atoms in total. The molecule has 0 fully saturated rings. The van der Waals surface area contributed by atoms with Gasteiger partial charge in [-0.2, -0.15) is 0 Å². The van der Waals surface area contributed by atoms with Crippen LogP contribution in [0.4, 0.5) is 0 Å². The highest BCUT2D eigenvalue weighted by Crippen LogP contribution is 1.99. The SMILES string of the molecule is O=C(CO)c1ccco1.O=CO. The van der Waals surface area contributed by atoms with E-state index < -0.39 is 6.61 Å². The molecule has 0 unspecified atom stereocenters. The molecule has 0 bridgehead atoms. The molecule has 0 spiro atoms. The largest absolute Gasteiger partial charge is 0.483 e. The van der Waals surface area contributed by atoms with Gasteiger partial charge >= 0.3 is 0 Å². The van der Waals surface area contributed by atoms with E-state index in [-0.39, 0.29) is 18.0 Å². The van der Waals surface area contributed by atoms with Gasteiger partial charge in [-0.3, -0.25) is 9.59 Å². The molecule has 0 aromatic carbocycles. The van der Waals surface area contributed by atoms with Gasteiger partial charge in [-0.25, -0.2) is 0 Å². The molecule has 0 radical (unpaired) electrons. The number of aliphatic hydroxyl groups excluding tert-OH is 1. The number of carbonyl (C=O) groups excluding carboxylic acids is 1. The summed E-state index contributed by atoms with van der Waals surface area (Å²) >= 11 is 0. The van der Waals surface area contributed by atoms with Crippen LogP contribution < -0.4 is 0 Å². The summed E-state index contributed by atoms with van der Waals surface area (Å²) in [6, 6.07) is 3.11. The van der Waals surface area contributed by atoms with E-state index in [1.54, 1.807) is 6.07 Å². The van der Waals surface area contributed by atoms with E-state index in [4.69, 9.17) is 15.0 Å². The van der Waals surface area contributed by atoms with Gasteiger partial charge in [0.25, 0.3) is 6.47 Å². The first kappa shape index (κ1) is 10.4. The average Bonchev–Trinajstić information content (AvgIpc) is 2.56. The quantitative estimate of drug-likeness (QED) is 0.490. The summed E-state index contributed by atoms with van der Waals surface area (Å²) in [7, 11) is 0. The third-order valence-electron chi connectivity index (χ3n) is 0.940. The number of furan rings is 1. The highest BCUT2D eigenvalue weighted by Gasteiger charge is 2.04. The van der Waals surface area contributed by atoms with E-state index in [2.05, 4.69) is 4.42 Å². The van der Waals surface area contributed by atoms with Gasteiger partial charge in [0.1, 0.15) is 6.61 Å². The summed E-state index contributed by atoms with van der Waals surface area (Å²) in [6.45, 7) is -0.743. The number of hydrogen-bond donors (Lipinski definition) is 2. The summed E-state index contributed by atoms with van der Waals surface area (Å²) in [5.74, 6) is -0.183. The molecule has 1 aromatic rings. The number of carbonyl (C=O) groups is 2. The number of rotatable bonds is 2. The molecule has 0 saturated carbocycles. The molecule has 12 heavy (non-hydrogen) atoms. The zero-order valence-electron chi connectivity index (χ0n) is 6.14. The minimum Gasteiger partial charge on any atom is -0.483 e. The Hall–Kier alpha value is -1.62. The Bertz CT molecular complexity index is 226. The molecule has 0 aliphatic heterocycles. The van der Waals surface area contributed by atoms with E-state index >= 15 is 0 Å². The highest BCUT2D eigenvalue weighted by molar-refractivity contribution is 5.94. The lowest BCUT2D eigenvalue weighted by atomic mass is 10.3. The Balaban J connectivity index is 0.000000354. The second-order valence-corrected chi connectivity index (χ2v) is 1.66. The summed E-state index contributed by atoms with van der Waals surface area (Å²) in [5, 5.41) is 15.2. The maximum Gasteiger partial charge on any atom is 0.290 e. The first-order valence-corrected chi connectivity index (χ1v) is 3.01. The number of aliphatic hydroxyl groups is 1. The Labute approximate surface area is 68.2 Å². The van der Waals surface area contributed by atoms with Crippen molar-refractivity contribution in [2.75, 3.05) is 6.61 Å². The van der Waals surface area contributed by atoms with Gasteiger partial charge in [0.2, 0.25) is 5.78 Å². The predicted octanol–water partition coefficient (Wildman–Crippen LogP) is 0.155. The monoisotopic (exact) mass is 172 g/mol. The number of hydrogen-bond acceptors (Lipinski definition) is 4. The summed E-state index contributed by atoms with van der Waals surface area (Å²) in [4.78, 5) is 18.9. The zero-order valence-corrected chi connectivity index (χ0v) is 6.14. The van der Waals surface area contributed by atoms with Gasteiger partial charge in [-0.05, 0) is 12.1 Å². The van der Waals surface area contributed by atoms with Crippen LogP contribution in [0.3, 0.4) is 0 Å². The minimum absolute atomic E-state index is 0.206. The summed E-state index contributed by atoms with van der Waals surface area (Å²) in [5.41, 5.74) is 0. The van der Waals surface area contributed by atoms with Crippen molar-refractivity contribution < 1.29 is 24.2 Å². The molecule has 0 aliphatic carbocycles. The molecule has 1 aromatic heterocycles. The smallest absolute Gasteiger partial charge is 0.290 e. The Kier molecular flexibility index (Phi) is 5.29. The first-order chi connectivity index (χ1) is 5.76. The van der Waals surface area contributed by atoms with Crippen molar-refractivity contribution in [3.8, 4) is 0 Å². The fraction of sp³-hybridized carbons (Fsp3) is 0.143. The number of ketones is 1. The lowest BCUT2D eigenvalue weighted by molar-refractivity contribution is -0.122. The normalized spacial score (nSPS) is 8.08. The van der Waals surface area contributed by atoms with Crippen molar-refractivity contribution in [1.29, 1.82) is 0 Å². The fourth-order valence-corrected chi connectivity index (χ4v) is 0.515. The Morgan fingerprint density at radius 1 is 1.67 bits per heavy atom. The molecule has 1 heterocycles. The van der Waals surface area contributed by atoms with Crippen LogP contribution in [-0.2, 0) is 4.79 Å². The predicted molar refractivity (Wildman–Crippen MR) is 38.8 cm³/mol. The second kappa shape index (κ2) is 6.11. The maximum atomic E-state index is 10.5. The van der Waals surface area contributed by atoms with Crippen LogP contribution in [0.25, 0.3) is 0 Å². The van der Waals surface area contributed by atoms with Gasteiger partial charge in [0.15, 0.2) is 5.76 Å². The molecule has 0 aliphatic rings. The topological polar surface area (TPSA) is 87.7 Å². The van der Waals surface area contributed by atoms with E-state index in [9.17, 15) is 4.79 Å². The van der Waals surface area contributed by atoms with Crippen molar-refractivity contribution in [1.82, 2.24) is 0 Å². The van der Waals surface area contributed by atoms with Crippen LogP contribution in [0.5, 0.6) is 0 Å². The van der Waals surface area contributed by atoms with Gasteiger partial charge in [0, 0.05) is 0 Å². The van der Waals surface area contributed by atoms with Crippen LogP contribution in [0, 0.1) is 0 Å². The van der Waals surface area contributed by atoms with Gasteiger partial charge < -0.3 is 14.6 Å².